The van der Waals surface area contributed by atoms with Gasteiger partial charge in [0, 0.05) is 44.6 Å². The van der Waals surface area contributed by atoms with Crippen molar-refractivity contribution in [3.05, 3.63) is 24.0 Å². The predicted octanol–water partition coefficient (Wildman–Crippen LogP) is 2.90. The van der Waals surface area contributed by atoms with E-state index < -0.39 is 5.60 Å². The van der Waals surface area contributed by atoms with Crippen LogP contribution in [0.15, 0.2) is 18.5 Å². The van der Waals surface area contributed by atoms with Crippen molar-refractivity contribution in [1.82, 2.24) is 14.8 Å². The molecule has 0 spiro atoms. The van der Waals surface area contributed by atoms with Gasteiger partial charge in [-0.05, 0) is 52.2 Å². The highest BCUT2D eigenvalue weighted by atomic mass is 16.6. The monoisotopic (exact) mass is 307 g/mol. The molecule has 0 unspecified atom stereocenters. The standard InChI is InChI=1S/C17H29N3O2/c1-16(2,3)22-15(21)20-10-7-17(4,8-11-20)18-12-14-6-9-19(5)13-14/h6,9,13,18H,7-8,10-12H2,1-5H3. The lowest BCUT2D eigenvalue weighted by molar-refractivity contribution is 0.0157. The van der Waals surface area contributed by atoms with Crippen molar-refractivity contribution in [2.24, 2.45) is 7.05 Å². The number of aryl methyl sites for hydroxylation is 1. The second-order valence-corrected chi connectivity index (χ2v) is 7.57. The lowest BCUT2D eigenvalue weighted by Crippen LogP contribution is -2.53. The molecule has 0 bridgehead atoms. The van der Waals surface area contributed by atoms with E-state index in [0.29, 0.717) is 0 Å². The normalized spacial score (nSPS) is 18.3. The number of hydrogen-bond donors (Lipinski definition) is 1. The Balaban J connectivity index is 1.81. The number of likely N-dealkylation sites (tertiary alicyclic amines) is 1. The molecule has 1 aliphatic heterocycles. The molecule has 1 aliphatic rings. The van der Waals surface area contributed by atoms with E-state index >= 15 is 0 Å². The molecule has 0 radical (unpaired) electrons. The van der Waals surface area contributed by atoms with Crippen LogP contribution < -0.4 is 5.32 Å². The largest absolute Gasteiger partial charge is 0.444 e. The van der Waals surface area contributed by atoms with Gasteiger partial charge in [-0.1, -0.05) is 0 Å². The fourth-order valence-electron chi connectivity index (χ4n) is 2.67. The molecule has 5 nitrogen and oxygen atoms in total. The van der Waals surface area contributed by atoms with Crippen LogP contribution in [0, 0.1) is 0 Å². The van der Waals surface area contributed by atoms with E-state index in [1.165, 1.54) is 5.56 Å². The Hall–Kier alpha value is -1.49. The van der Waals surface area contributed by atoms with Gasteiger partial charge in [0.25, 0.3) is 0 Å². The molecule has 1 saturated heterocycles. The fourth-order valence-corrected chi connectivity index (χ4v) is 2.67. The molecular formula is C17H29N3O2. The van der Waals surface area contributed by atoms with Crippen molar-refractivity contribution in [1.29, 1.82) is 0 Å². The van der Waals surface area contributed by atoms with Gasteiger partial charge in [0.15, 0.2) is 0 Å². The van der Waals surface area contributed by atoms with Gasteiger partial charge in [-0.15, -0.1) is 0 Å². The summed E-state index contributed by atoms with van der Waals surface area (Å²) in [6, 6.07) is 2.13. The maximum Gasteiger partial charge on any atom is 0.410 e. The summed E-state index contributed by atoms with van der Waals surface area (Å²) < 4.78 is 7.50. The van der Waals surface area contributed by atoms with E-state index in [0.717, 1.165) is 32.5 Å². The number of ether oxygens (including phenoxy) is 1. The summed E-state index contributed by atoms with van der Waals surface area (Å²) in [5.74, 6) is 0. The first kappa shape index (κ1) is 16.9. The van der Waals surface area contributed by atoms with Gasteiger partial charge in [0.2, 0.25) is 0 Å². The molecule has 1 amide bonds. The number of hydrogen-bond acceptors (Lipinski definition) is 3. The SMILES string of the molecule is Cn1ccc(CNC2(C)CCN(C(=O)OC(C)(C)C)CC2)c1. The molecule has 1 aromatic rings. The van der Waals surface area contributed by atoms with Gasteiger partial charge >= 0.3 is 6.09 Å². The molecule has 0 atom stereocenters. The van der Waals surface area contributed by atoms with Crippen LogP contribution in [0.2, 0.25) is 0 Å². The molecule has 0 aliphatic carbocycles. The highest BCUT2D eigenvalue weighted by molar-refractivity contribution is 5.68. The molecule has 1 N–H and O–H groups in total. The van der Waals surface area contributed by atoms with E-state index in [4.69, 9.17) is 4.74 Å². The first-order valence-electron chi connectivity index (χ1n) is 8.01. The predicted molar refractivity (Wildman–Crippen MR) is 87.7 cm³/mol. The highest BCUT2D eigenvalue weighted by Crippen LogP contribution is 2.23. The Labute approximate surface area is 133 Å². The zero-order chi connectivity index (χ0) is 16.4. The summed E-state index contributed by atoms with van der Waals surface area (Å²) in [5, 5.41) is 3.64. The molecule has 1 aromatic heterocycles. The molecule has 2 rings (SSSR count). The minimum atomic E-state index is -0.427. The first-order valence-corrected chi connectivity index (χ1v) is 8.01. The average molecular weight is 307 g/mol. The number of carbonyl (C=O) groups excluding carboxylic acids is 1. The smallest absolute Gasteiger partial charge is 0.410 e. The average Bonchev–Trinajstić information content (AvgIpc) is 2.81. The van der Waals surface area contributed by atoms with Crippen molar-refractivity contribution in [3.8, 4) is 0 Å². The number of aromatic nitrogens is 1. The highest BCUT2D eigenvalue weighted by Gasteiger charge is 2.33. The van der Waals surface area contributed by atoms with E-state index in [1.807, 2.05) is 32.7 Å². The quantitative estimate of drug-likeness (QED) is 0.934. The Kier molecular flexibility index (Phi) is 4.85. The topological polar surface area (TPSA) is 46.5 Å². The van der Waals surface area contributed by atoms with Crippen LogP contribution in [-0.2, 0) is 18.3 Å². The summed E-state index contributed by atoms with van der Waals surface area (Å²) in [4.78, 5) is 13.9. The first-order chi connectivity index (χ1) is 10.2. The van der Waals surface area contributed by atoms with Crippen molar-refractivity contribution in [2.45, 2.75) is 58.2 Å². The molecule has 0 aromatic carbocycles. The molecule has 22 heavy (non-hydrogen) atoms. The van der Waals surface area contributed by atoms with Gasteiger partial charge in [0.1, 0.15) is 5.60 Å². The molecule has 5 heteroatoms. The van der Waals surface area contributed by atoms with Gasteiger partial charge in [-0.25, -0.2) is 4.79 Å². The number of amides is 1. The number of nitrogens with zero attached hydrogens (tertiary/aromatic N) is 2. The zero-order valence-corrected chi connectivity index (χ0v) is 14.5. The summed E-state index contributed by atoms with van der Waals surface area (Å²) in [6.07, 6.45) is 5.88. The number of rotatable bonds is 3. The minimum absolute atomic E-state index is 0.0777. The maximum absolute atomic E-state index is 12.1. The van der Waals surface area contributed by atoms with Crippen LogP contribution in [-0.4, -0.2) is 39.8 Å². The van der Waals surface area contributed by atoms with Crippen molar-refractivity contribution >= 4 is 6.09 Å². The third-order valence-corrected chi connectivity index (χ3v) is 4.13. The fraction of sp³-hybridized carbons (Fsp3) is 0.706. The number of carbonyl (C=O) groups is 1. The lowest BCUT2D eigenvalue weighted by Gasteiger charge is -2.40. The van der Waals surface area contributed by atoms with Crippen molar-refractivity contribution in [2.75, 3.05) is 13.1 Å². The van der Waals surface area contributed by atoms with Crippen LogP contribution in [0.1, 0.15) is 46.1 Å². The van der Waals surface area contributed by atoms with Gasteiger partial charge in [-0.3, -0.25) is 0 Å². The third kappa shape index (κ3) is 4.77. The zero-order valence-electron chi connectivity index (χ0n) is 14.5. The maximum atomic E-state index is 12.1. The van der Waals surface area contributed by atoms with Gasteiger partial charge in [0.05, 0.1) is 0 Å². The van der Waals surface area contributed by atoms with Gasteiger partial charge < -0.3 is 19.5 Å². The molecule has 0 saturated carbocycles. The Morgan fingerprint density at radius 3 is 2.50 bits per heavy atom. The Morgan fingerprint density at radius 1 is 1.36 bits per heavy atom. The number of nitrogens with one attached hydrogen (secondary N) is 1. The van der Waals surface area contributed by atoms with Crippen LogP contribution in [0.3, 0.4) is 0 Å². The Morgan fingerprint density at radius 2 is 2.00 bits per heavy atom. The second kappa shape index (κ2) is 6.32. The number of piperidine rings is 1. The van der Waals surface area contributed by atoms with Crippen LogP contribution in [0.25, 0.3) is 0 Å². The molecular weight excluding hydrogens is 278 g/mol. The summed E-state index contributed by atoms with van der Waals surface area (Å²) in [6.45, 7) is 10.3. The molecule has 124 valence electrons. The van der Waals surface area contributed by atoms with E-state index in [1.54, 1.807) is 0 Å². The molecule has 2 heterocycles. The second-order valence-electron chi connectivity index (χ2n) is 7.57. The summed E-state index contributed by atoms with van der Waals surface area (Å²) in [7, 11) is 2.03. The summed E-state index contributed by atoms with van der Waals surface area (Å²) >= 11 is 0. The third-order valence-electron chi connectivity index (χ3n) is 4.13. The van der Waals surface area contributed by atoms with Crippen LogP contribution >= 0.6 is 0 Å². The van der Waals surface area contributed by atoms with Crippen LogP contribution in [0.4, 0.5) is 4.79 Å². The van der Waals surface area contributed by atoms with Crippen molar-refractivity contribution < 1.29 is 9.53 Å². The van der Waals surface area contributed by atoms with E-state index in [-0.39, 0.29) is 11.6 Å². The Bertz CT molecular complexity index is 508. The van der Waals surface area contributed by atoms with Gasteiger partial charge in [-0.2, -0.15) is 0 Å². The molecule has 1 fully saturated rings. The summed E-state index contributed by atoms with van der Waals surface area (Å²) in [5.41, 5.74) is 0.941. The van der Waals surface area contributed by atoms with Crippen molar-refractivity contribution in [3.63, 3.8) is 0 Å². The van der Waals surface area contributed by atoms with Crippen LogP contribution in [0.5, 0.6) is 0 Å². The lowest BCUT2D eigenvalue weighted by atomic mass is 9.89. The minimum Gasteiger partial charge on any atom is -0.444 e. The van der Waals surface area contributed by atoms with E-state index in [9.17, 15) is 4.79 Å². The van der Waals surface area contributed by atoms with E-state index in [2.05, 4.69) is 35.3 Å².